The predicted molar refractivity (Wildman–Crippen MR) is 60.3 cm³/mol. The van der Waals surface area contributed by atoms with Crippen molar-refractivity contribution in [1.82, 2.24) is 0 Å². The van der Waals surface area contributed by atoms with Crippen molar-refractivity contribution in [3.8, 4) is 0 Å². The van der Waals surface area contributed by atoms with E-state index in [1.54, 1.807) is 6.08 Å². The van der Waals surface area contributed by atoms with Crippen LogP contribution in [0.25, 0.3) is 6.08 Å². The molecule has 0 saturated carbocycles. The van der Waals surface area contributed by atoms with Crippen LogP contribution in [0.3, 0.4) is 0 Å². The zero-order chi connectivity index (χ0) is 12.3. The van der Waals surface area contributed by atoms with Gasteiger partial charge in [-0.2, -0.15) is 13.2 Å². The molecule has 0 saturated heterocycles. The Kier molecular flexibility index (Phi) is 4.03. The maximum absolute atomic E-state index is 12.5. The molecule has 1 aromatic rings. The van der Waals surface area contributed by atoms with Crippen LogP contribution in [0.2, 0.25) is 5.02 Å². The van der Waals surface area contributed by atoms with Crippen molar-refractivity contribution in [3.05, 3.63) is 40.4 Å². The molecule has 0 heterocycles. The van der Waals surface area contributed by atoms with Gasteiger partial charge in [0.25, 0.3) is 0 Å². The molecular weight excluding hydrogens is 237 g/mol. The molecule has 0 bridgehead atoms. The van der Waals surface area contributed by atoms with Gasteiger partial charge >= 0.3 is 6.18 Å². The van der Waals surface area contributed by atoms with Gasteiger partial charge in [-0.1, -0.05) is 37.6 Å². The summed E-state index contributed by atoms with van der Waals surface area (Å²) in [4.78, 5) is 0. The van der Waals surface area contributed by atoms with E-state index in [0.29, 0.717) is 5.56 Å². The average molecular weight is 249 g/mol. The summed E-state index contributed by atoms with van der Waals surface area (Å²) in [6, 6.07) is 3.52. The van der Waals surface area contributed by atoms with Gasteiger partial charge in [-0.05, 0) is 29.7 Å². The van der Waals surface area contributed by atoms with E-state index < -0.39 is 11.7 Å². The van der Waals surface area contributed by atoms with Crippen molar-refractivity contribution in [1.29, 1.82) is 0 Å². The number of halogens is 4. The van der Waals surface area contributed by atoms with Crippen LogP contribution in [-0.4, -0.2) is 0 Å². The normalized spacial score (nSPS) is 12.7. The van der Waals surface area contributed by atoms with Gasteiger partial charge in [0.1, 0.15) is 0 Å². The Morgan fingerprint density at radius 2 is 1.81 bits per heavy atom. The van der Waals surface area contributed by atoms with Gasteiger partial charge in [-0.15, -0.1) is 0 Å². The lowest BCUT2D eigenvalue weighted by atomic mass is 10.1. The quantitative estimate of drug-likeness (QED) is 0.689. The molecule has 0 spiro atoms. The monoisotopic (exact) mass is 248 g/mol. The van der Waals surface area contributed by atoms with Crippen molar-refractivity contribution in [2.45, 2.75) is 20.0 Å². The van der Waals surface area contributed by atoms with Gasteiger partial charge < -0.3 is 0 Å². The van der Waals surface area contributed by atoms with Gasteiger partial charge in [0.2, 0.25) is 0 Å². The van der Waals surface area contributed by atoms with Gasteiger partial charge in [0.15, 0.2) is 0 Å². The molecule has 88 valence electrons. The van der Waals surface area contributed by atoms with Crippen molar-refractivity contribution in [2.75, 3.05) is 0 Å². The van der Waals surface area contributed by atoms with Crippen LogP contribution in [-0.2, 0) is 6.18 Å². The summed E-state index contributed by atoms with van der Waals surface area (Å²) in [5.74, 6) is 0.285. The van der Waals surface area contributed by atoms with Gasteiger partial charge in [-0.25, -0.2) is 0 Å². The Morgan fingerprint density at radius 1 is 1.19 bits per heavy atom. The molecule has 0 N–H and O–H groups in total. The van der Waals surface area contributed by atoms with Crippen molar-refractivity contribution >= 4 is 17.7 Å². The van der Waals surface area contributed by atoms with Crippen LogP contribution >= 0.6 is 11.6 Å². The van der Waals surface area contributed by atoms with Gasteiger partial charge in [0, 0.05) is 5.02 Å². The zero-order valence-electron chi connectivity index (χ0n) is 8.98. The maximum Gasteiger partial charge on any atom is 0.416 e. The van der Waals surface area contributed by atoms with Crippen molar-refractivity contribution in [2.24, 2.45) is 5.92 Å². The molecule has 1 rings (SSSR count). The van der Waals surface area contributed by atoms with Crippen LogP contribution in [0.1, 0.15) is 25.0 Å². The van der Waals surface area contributed by atoms with Crippen LogP contribution in [0.4, 0.5) is 13.2 Å². The second-order valence-corrected chi connectivity index (χ2v) is 4.31. The summed E-state index contributed by atoms with van der Waals surface area (Å²) in [6.07, 6.45) is -0.886. The van der Waals surface area contributed by atoms with Gasteiger partial charge in [0.05, 0.1) is 5.56 Å². The summed E-state index contributed by atoms with van der Waals surface area (Å²) in [7, 11) is 0. The topological polar surface area (TPSA) is 0 Å². The first kappa shape index (κ1) is 13.1. The van der Waals surface area contributed by atoms with E-state index in [0.717, 1.165) is 12.1 Å². The fraction of sp³-hybridized carbons (Fsp3) is 0.333. The summed E-state index contributed by atoms with van der Waals surface area (Å²) in [5.41, 5.74) is -0.253. The Labute approximate surface area is 97.7 Å². The second kappa shape index (κ2) is 4.91. The SMILES string of the molecule is CC(C)/C=C/c1cc(Cl)cc(C(F)(F)F)c1. The van der Waals surface area contributed by atoms with Gasteiger partial charge in [-0.3, -0.25) is 0 Å². The molecule has 0 aliphatic carbocycles. The maximum atomic E-state index is 12.5. The highest BCUT2D eigenvalue weighted by Crippen LogP contribution is 2.32. The first-order valence-corrected chi connectivity index (χ1v) is 5.23. The standard InChI is InChI=1S/C12H12ClF3/c1-8(2)3-4-9-5-10(12(14,15)16)7-11(13)6-9/h3-8H,1-2H3/b4-3+. The first-order valence-electron chi connectivity index (χ1n) is 4.85. The third-order valence-electron chi connectivity index (χ3n) is 1.92. The summed E-state index contributed by atoms with van der Waals surface area (Å²) < 4.78 is 37.4. The van der Waals surface area contributed by atoms with Crippen LogP contribution in [0, 0.1) is 5.92 Å². The molecule has 0 fully saturated rings. The molecule has 0 amide bonds. The molecule has 0 aliphatic heterocycles. The minimum atomic E-state index is -4.36. The van der Waals surface area contributed by atoms with Crippen LogP contribution in [0.5, 0.6) is 0 Å². The average Bonchev–Trinajstić information content (AvgIpc) is 2.12. The smallest absolute Gasteiger partial charge is 0.166 e. The van der Waals surface area contributed by atoms with Crippen LogP contribution in [0.15, 0.2) is 24.3 Å². The van der Waals surface area contributed by atoms with E-state index in [2.05, 4.69) is 0 Å². The van der Waals surface area contributed by atoms with Crippen LogP contribution < -0.4 is 0 Å². The Balaban J connectivity index is 3.09. The lowest BCUT2D eigenvalue weighted by Gasteiger charge is -2.08. The number of hydrogen-bond acceptors (Lipinski definition) is 0. The minimum absolute atomic E-state index is 0.0956. The predicted octanol–water partition coefficient (Wildman–Crippen LogP) is 5.03. The molecule has 1 aromatic carbocycles. The third-order valence-corrected chi connectivity index (χ3v) is 2.14. The lowest BCUT2D eigenvalue weighted by Crippen LogP contribution is -2.04. The number of allylic oxidation sites excluding steroid dienone is 1. The molecule has 0 atom stereocenters. The Morgan fingerprint density at radius 3 is 2.31 bits per heavy atom. The second-order valence-electron chi connectivity index (χ2n) is 3.87. The number of benzene rings is 1. The lowest BCUT2D eigenvalue weighted by molar-refractivity contribution is -0.137. The summed E-state index contributed by atoms with van der Waals surface area (Å²) in [5, 5.41) is 0.0956. The fourth-order valence-corrected chi connectivity index (χ4v) is 1.42. The highest BCUT2D eigenvalue weighted by Gasteiger charge is 2.30. The number of alkyl halides is 3. The highest BCUT2D eigenvalue weighted by molar-refractivity contribution is 6.30. The van der Waals surface area contributed by atoms with E-state index in [1.807, 2.05) is 19.9 Å². The van der Waals surface area contributed by atoms with Crippen molar-refractivity contribution in [3.63, 3.8) is 0 Å². The molecule has 0 aromatic heterocycles. The van der Waals surface area contributed by atoms with Crippen molar-refractivity contribution < 1.29 is 13.2 Å². The third kappa shape index (κ3) is 3.89. The molecule has 0 aliphatic rings. The Hall–Kier alpha value is -0.960. The highest BCUT2D eigenvalue weighted by atomic mass is 35.5. The zero-order valence-corrected chi connectivity index (χ0v) is 9.73. The van der Waals surface area contributed by atoms with E-state index in [1.165, 1.54) is 6.07 Å². The number of rotatable bonds is 2. The first-order chi connectivity index (χ1) is 7.29. The number of hydrogen-bond donors (Lipinski definition) is 0. The molecule has 0 unspecified atom stereocenters. The fourth-order valence-electron chi connectivity index (χ4n) is 1.18. The van der Waals surface area contributed by atoms with E-state index >= 15 is 0 Å². The van der Waals surface area contributed by atoms with E-state index in [4.69, 9.17) is 11.6 Å². The summed E-state index contributed by atoms with van der Waals surface area (Å²) in [6.45, 7) is 3.90. The molecule has 4 heteroatoms. The molecule has 0 nitrogen and oxygen atoms in total. The van der Waals surface area contributed by atoms with E-state index in [9.17, 15) is 13.2 Å². The van der Waals surface area contributed by atoms with E-state index in [-0.39, 0.29) is 10.9 Å². The minimum Gasteiger partial charge on any atom is -0.166 e. The summed E-state index contributed by atoms with van der Waals surface area (Å²) >= 11 is 5.64. The molecule has 0 radical (unpaired) electrons. The molecule has 16 heavy (non-hydrogen) atoms. The molecular formula is C12H12ClF3. The Bertz CT molecular complexity index is 392. The largest absolute Gasteiger partial charge is 0.416 e.